The van der Waals surface area contributed by atoms with Gasteiger partial charge in [-0.2, -0.15) is 0 Å². The molecule has 0 bridgehead atoms. The number of rotatable bonds is 3. The highest BCUT2D eigenvalue weighted by Gasteiger charge is 2.01. The van der Waals surface area contributed by atoms with E-state index in [0.717, 1.165) is 5.69 Å². The molecule has 2 aromatic heterocycles. The predicted molar refractivity (Wildman–Crippen MR) is 48.3 cm³/mol. The van der Waals surface area contributed by atoms with E-state index in [1.165, 1.54) is 0 Å². The molecule has 0 aliphatic rings. The summed E-state index contributed by atoms with van der Waals surface area (Å²) in [6, 6.07) is 0. The van der Waals surface area contributed by atoms with Gasteiger partial charge in [0.25, 0.3) is 0 Å². The summed E-state index contributed by atoms with van der Waals surface area (Å²) in [5.41, 5.74) is 1.53. The lowest BCUT2D eigenvalue weighted by Crippen LogP contribution is -1.96. The first-order valence-electron chi connectivity index (χ1n) is 4.24. The summed E-state index contributed by atoms with van der Waals surface area (Å²) >= 11 is 0. The minimum Gasteiger partial charge on any atom is -0.390 e. The second-order valence-electron chi connectivity index (χ2n) is 3.08. The normalized spacial score (nSPS) is 10.7. The number of aliphatic hydroxyl groups excluding tert-OH is 1. The van der Waals surface area contributed by atoms with E-state index in [1.54, 1.807) is 17.2 Å². The van der Waals surface area contributed by atoms with Crippen LogP contribution in [0, 0.1) is 0 Å². The third-order valence-electron chi connectivity index (χ3n) is 1.84. The van der Waals surface area contributed by atoms with Crippen molar-refractivity contribution in [3.63, 3.8) is 0 Å². The van der Waals surface area contributed by atoms with Crippen molar-refractivity contribution >= 4 is 0 Å². The molecule has 0 atom stereocenters. The van der Waals surface area contributed by atoms with E-state index >= 15 is 0 Å². The summed E-state index contributed by atoms with van der Waals surface area (Å²) in [6.45, 7) is 0.592. The molecule has 0 radical (unpaired) electrons. The van der Waals surface area contributed by atoms with Crippen LogP contribution in [0.4, 0.5) is 0 Å². The van der Waals surface area contributed by atoms with Crippen LogP contribution in [0.3, 0.4) is 0 Å². The van der Waals surface area contributed by atoms with Crippen molar-refractivity contribution in [1.82, 2.24) is 24.5 Å². The third kappa shape index (κ3) is 1.80. The van der Waals surface area contributed by atoms with Crippen molar-refractivity contribution < 1.29 is 5.11 Å². The Hall–Kier alpha value is -1.69. The van der Waals surface area contributed by atoms with Crippen LogP contribution in [0.1, 0.15) is 11.4 Å². The van der Waals surface area contributed by atoms with Gasteiger partial charge in [0.2, 0.25) is 0 Å². The molecule has 6 heteroatoms. The van der Waals surface area contributed by atoms with E-state index in [2.05, 4.69) is 15.3 Å². The Morgan fingerprint density at radius 3 is 2.79 bits per heavy atom. The van der Waals surface area contributed by atoms with Gasteiger partial charge in [-0.1, -0.05) is 5.21 Å². The Labute approximate surface area is 80.8 Å². The van der Waals surface area contributed by atoms with Gasteiger partial charge in [-0.3, -0.25) is 4.68 Å². The largest absolute Gasteiger partial charge is 0.390 e. The molecule has 0 spiro atoms. The summed E-state index contributed by atoms with van der Waals surface area (Å²) in [7, 11) is 1.82. The van der Waals surface area contributed by atoms with E-state index in [4.69, 9.17) is 5.11 Å². The van der Waals surface area contributed by atoms with Gasteiger partial charge in [0.1, 0.15) is 5.69 Å². The molecule has 74 valence electrons. The summed E-state index contributed by atoms with van der Waals surface area (Å²) in [5, 5.41) is 16.6. The van der Waals surface area contributed by atoms with Gasteiger partial charge in [0.05, 0.1) is 25.2 Å². The number of aromatic nitrogens is 5. The molecule has 0 aliphatic carbocycles. The molecule has 2 heterocycles. The average Bonchev–Trinajstić information content (AvgIpc) is 2.76. The van der Waals surface area contributed by atoms with Crippen molar-refractivity contribution in [2.75, 3.05) is 0 Å². The van der Waals surface area contributed by atoms with Crippen molar-refractivity contribution in [2.45, 2.75) is 13.2 Å². The van der Waals surface area contributed by atoms with Crippen LogP contribution in [0.2, 0.25) is 0 Å². The van der Waals surface area contributed by atoms with Crippen LogP contribution in [0.25, 0.3) is 0 Å². The van der Waals surface area contributed by atoms with Crippen molar-refractivity contribution in [2.24, 2.45) is 7.05 Å². The monoisotopic (exact) mass is 193 g/mol. The molecule has 1 N–H and O–H groups in total. The summed E-state index contributed by atoms with van der Waals surface area (Å²) in [5.74, 6) is 0. The molecule has 2 aromatic rings. The fraction of sp³-hybridized carbons (Fsp3) is 0.375. The zero-order valence-corrected chi connectivity index (χ0v) is 7.83. The Morgan fingerprint density at radius 1 is 1.36 bits per heavy atom. The van der Waals surface area contributed by atoms with Crippen LogP contribution >= 0.6 is 0 Å². The highest BCUT2D eigenvalue weighted by molar-refractivity contribution is 4.99. The number of nitrogens with zero attached hydrogens (tertiary/aromatic N) is 5. The van der Waals surface area contributed by atoms with E-state index in [9.17, 15) is 0 Å². The maximum Gasteiger partial charge on any atom is 0.102 e. The first-order chi connectivity index (χ1) is 6.78. The molecule has 0 amide bonds. The van der Waals surface area contributed by atoms with E-state index in [-0.39, 0.29) is 6.61 Å². The summed E-state index contributed by atoms with van der Waals surface area (Å²) in [4.78, 5) is 4.00. The second-order valence-corrected chi connectivity index (χ2v) is 3.08. The van der Waals surface area contributed by atoms with Gasteiger partial charge >= 0.3 is 0 Å². The number of aliphatic hydroxyl groups is 1. The van der Waals surface area contributed by atoms with Crippen molar-refractivity contribution in [1.29, 1.82) is 0 Å². The quantitative estimate of drug-likeness (QED) is 0.717. The van der Waals surface area contributed by atoms with Gasteiger partial charge < -0.3 is 9.67 Å². The topological polar surface area (TPSA) is 68.8 Å². The SMILES string of the molecule is Cn1cc(Cn2cnc(CO)c2)nn1. The number of hydrogen-bond acceptors (Lipinski definition) is 4. The molecular weight excluding hydrogens is 182 g/mol. The fourth-order valence-electron chi connectivity index (χ4n) is 1.23. The Balaban J connectivity index is 2.10. The minimum atomic E-state index is -0.0343. The minimum absolute atomic E-state index is 0.0343. The van der Waals surface area contributed by atoms with Gasteiger partial charge in [-0.15, -0.1) is 5.10 Å². The van der Waals surface area contributed by atoms with Crippen LogP contribution in [0.15, 0.2) is 18.7 Å². The number of hydrogen-bond donors (Lipinski definition) is 1. The van der Waals surface area contributed by atoms with Gasteiger partial charge in [0, 0.05) is 19.4 Å². The van der Waals surface area contributed by atoms with E-state index in [0.29, 0.717) is 12.2 Å². The maximum absolute atomic E-state index is 8.81. The fourth-order valence-corrected chi connectivity index (χ4v) is 1.23. The first-order valence-corrected chi connectivity index (χ1v) is 4.24. The molecule has 0 aliphatic heterocycles. The zero-order valence-electron chi connectivity index (χ0n) is 7.83. The molecule has 0 saturated carbocycles. The summed E-state index contributed by atoms with van der Waals surface area (Å²) < 4.78 is 3.51. The molecule has 0 unspecified atom stereocenters. The maximum atomic E-state index is 8.81. The van der Waals surface area contributed by atoms with Crippen LogP contribution in [-0.2, 0) is 20.2 Å². The van der Waals surface area contributed by atoms with Gasteiger partial charge in [-0.05, 0) is 0 Å². The number of imidazole rings is 1. The van der Waals surface area contributed by atoms with Crippen LogP contribution in [-0.4, -0.2) is 29.7 Å². The van der Waals surface area contributed by atoms with E-state index in [1.807, 2.05) is 17.8 Å². The lowest BCUT2D eigenvalue weighted by atomic mass is 10.4. The van der Waals surface area contributed by atoms with Crippen molar-refractivity contribution in [3.8, 4) is 0 Å². The Kier molecular flexibility index (Phi) is 2.28. The molecule has 14 heavy (non-hydrogen) atoms. The molecule has 0 aromatic carbocycles. The smallest absolute Gasteiger partial charge is 0.102 e. The van der Waals surface area contributed by atoms with Gasteiger partial charge in [0.15, 0.2) is 0 Å². The molecule has 6 nitrogen and oxygen atoms in total. The summed E-state index contributed by atoms with van der Waals surface area (Å²) in [6.07, 6.45) is 5.30. The third-order valence-corrected chi connectivity index (χ3v) is 1.84. The molecule has 0 saturated heterocycles. The van der Waals surface area contributed by atoms with E-state index < -0.39 is 0 Å². The molecule has 2 rings (SSSR count). The first kappa shape index (κ1) is 8.89. The Morgan fingerprint density at radius 2 is 2.21 bits per heavy atom. The highest BCUT2D eigenvalue weighted by atomic mass is 16.3. The Bertz CT molecular complexity index is 419. The molecular formula is C8H11N5O. The second kappa shape index (κ2) is 3.59. The van der Waals surface area contributed by atoms with Crippen LogP contribution < -0.4 is 0 Å². The lowest BCUT2D eigenvalue weighted by molar-refractivity contribution is 0.277. The lowest BCUT2D eigenvalue weighted by Gasteiger charge is -1.95. The average molecular weight is 193 g/mol. The van der Waals surface area contributed by atoms with Gasteiger partial charge in [-0.25, -0.2) is 4.98 Å². The highest BCUT2D eigenvalue weighted by Crippen LogP contribution is 2.00. The zero-order chi connectivity index (χ0) is 9.97. The van der Waals surface area contributed by atoms with Crippen molar-refractivity contribution in [3.05, 3.63) is 30.1 Å². The molecule has 0 fully saturated rings. The van der Waals surface area contributed by atoms with Crippen LogP contribution in [0.5, 0.6) is 0 Å². The number of aryl methyl sites for hydroxylation is 1. The predicted octanol–water partition coefficient (Wildman–Crippen LogP) is -0.448. The standard InChI is InChI=1S/C8H11N5O/c1-12-2-7(10-11-12)3-13-4-8(5-14)9-6-13/h2,4,6,14H,3,5H2,1H3.